The van der Waals surface area contributed by atoms with E-state index in [2.05, 4.69) is 15.3 Å². The average molecular weight is 425 g/mol. The summed E-state index contributed by atoms with van der Waals surface area (Å²) in [5.74, 6) is -0.0672. The largest absolute Gasteiger partial charge is 0.442 e. The summed E-state index contributed by atoms with van der Waals surface area (Å²) in [6.45, 7) is 0.507. The van der Waals surface area contributed by atoms with Gasteiger partial charge in [-0.1, -0.05) is 29.5 Å². The van der Waals surface area contributed by atoms with Crippen molar-refractivity contribution in [2.75, 3.05) is 11.9 Å². The lowest BCUT2D eigenvalue weighted by atomic mass is 10.2. The molecule has 3 aromatic heterocycles. The minimum absolute atomic E-state index is 0.226. The smallest absolute Gasteiger partial charge is 0.277 e. The van der Waals surface area contributed by atoms with Gasteiger partial charge in [0.2, 0.25) is 5.91 Å². The second-order valence-corrected chi connectivity index (χ2v) is 8.62. The van der Waals surface area contributed by atoms with Crippen LogP contribution in [0.4, 0.5) is 5.13 Å². The van der Waals surface area contributed by atoms with Crippen LogP contribution in [0.25, 0.3) is 20.9 Å². The summed E-state index contributed by atoms with van der Waals surface area (Å²) in [6, 6.07) is 10.9. The van der Waals surface area contributed by atoms with Gasteiger partial charge in [0, 0.05) is 6.54 Å². The van der Waals surface area contributed by atoms with Gasteiger partial charge < -0.3 is 14.6 Å². The third-order valence-electron chi connectivity index (χ3n) is 4.86. The molecule has 146 valence electrons. The molecule has 0 bridgehead atoms. The minimum atomic E-state index is -0.553. The second-order valence-electron chi connectivity index (χ2n) is 6.64. The summed E-state index contributed by atoms with van der Waals surface area (Å²) in [4.78, 5) is 37.1. The van der Waals surface area contributed by atoms with Crippen molar-refractivity contribution in [3.8, 4) is 10.6 Å². The van der Waals surface area contributed by atoms with Gasteiger partial charge in [-0.05, 0) is 36.4 Å². The molecule has 0 saturated carbocycles. The van der Waals surface area contributed by atoms with Crippen molar-refractivity contribution in [1.82, 2.24) is 14.9 Å². The predicted molar refractivity (Wildman–Crippen MR) is 112 cm³/mol. The standard InChI is InChI=1S/C20H16N4O3S2/c25-18(23-20-22-12-5-1-2-7-14(12)29-20)13-6-3-9-24(13)19(26)16-17(27-11-21-16)15-8-4-10-28-15/h1-2,4-5,7-8,10-11,13H,3,6,9H2,(H,22,23,25). The van der Waals surface area contributed by atoms with E-state index in [-0.39, 0.29) is 17.5 Å². The molecular weight excluding hydrogens is 408 g/mol. The van der Waals surface area contributed by atoms with E-state index in [1.807, 2.05) is 41.8 Å². The first-order valence-electron chi connectivity index (χ1n) is 9.15. The summed E-state index contributed by atoms with van der Waals surface area (Å²) in [5.41, 5.74) is 1.09. The fourth-order valence-electron chi connectivity index (χ4n) is 3.51. The maximum Gasteiger partial charge on any atom is 0.277 e. The number of likely N-dealkylation sites (tertiary alicyclic amines) is 1. The zero-order valence-electron chi connectivity index (χ0n) is 15.2. The number of nitrogens with one attached hydrogen (secondary N) is 1. The van der Waals surface area contributed by atoms with Gasteiger partial charge >= 0.3 is 0 Å². The molecular formula is C20H16N4O3S2. The van der Waals surface area contributed by atoms with Crippen LogP contribution in [0.2, 0.25) is 0 Å². The van der Waals surface area contributed by atoms with E-state index in [1.54, 1.807) is 4.90 Å². The van der Waals surface area contributed by atoms with Gasteiger partial charge in [0.1, 0.15) is 6.04 Å². The second kappa shape index (κ2) is 7.41. The van der Waals surface area contributed by atoms with E-state index in [9.17, 15) is 9.59 Å². The Balaban J connectivity index is 1.36. The average Bonchev–Trinajstić information content (AvgIpc) is 3.53. The van der Waals surface area contributed by atoms with Gasteiger partial charge in [-0.25, -0.2) is 9.97 Å². The summed E-state index contributed by atoms with van der Waals surface area (Å²) >= 11 is 2.89. The first kappa shape index (κ1) is 18.0. The molecule has 5 rings (SSSR count). The SMILES string of the molecule is O=C(Nc1nc2ccccc2s1)C1CCCN1C(=O)c1ncoc1-c1cccs1. The molecule has 29 heavy (non-hydrogen) atoms. The van der Waals surface area contributed by atoms with Crippen molar-refractivity contribution in [1.29, 1.82) is 0 Å². The lowest BCUT2D eigenvalue weighted by Crippen LogP contribution is -2.43. The normalized spacial score (nSPS) is 16.4. The Labute approximate surface area is 174 Å². The molecule has 7 nitrogen and oxygen atoms in total. The number of hydrogen-bond acceptors (Lipinski definition) is 7. The highest BCUT2D eigenvalue weighted by Crippen LogP contribution is 2.31. The molecule has 1 aliphatic heterocycles. The molecule has 1 fully saturated rings. The Morgan fingerprint density at radius 2 is 2.10 bits per heavy atom. The van der Waals surface area contributed by atoms with E-state index < -0.39 is 6.04 Å². The summed E-state index contributed by atoms with van der Waals surface area (Å²) in [5, 5.41) is 5.33. The number of carbonyl (C=O) groups excluding carboxylic acids is 2. The van der Waals surface area contributed by atoms with E-state index in [0.717, 1.165) is 21.5 Å². The van der Waals surface area contributed by atoms with Gasteiger partial charge in [0.05, 0.1) is 15.1 Å². The molecule has 1 aromatic carbocycles. The fraction of sp³-hybridized carbons (Fsp3) is 0.200. The first-order chi connectivity index (χ1) is 14.2. The van der Waals surface area contributed by atoms with E-state index >= 15 is 0 Å². The van der Waals surface area contributed by atoms with Crippen LogP contribution in [0.15, 0.2) is 52.6 Å². The Morgan fingerprint density at radius 1 is 1.21 bits per heavy atom. The van der Waals surface area contributed by atoms with Crippen LogP contribution in [-0.4, -0.2) is 39.3 Å². The van der Waals surface area contributed by atoms with Crippen LogP contribution in [0, 0.1) is 0 Å². The first-order valence-corrected chi connectivity index (χ1v) is 10.8. The zero-order chi connectivity index (χ0) is 19.8. The third-order valence-corrected chi connectivity index (χ3v) is 6.68. The number of rotatable bonds is 4. The molecule has 2 amide bonds. The van der Waals surface area contributed by atoms with Crippen LogP contribution < -0.4 is 5.32 Å². The maximum absolute atomic E-state index is 13.1. The molecule has 0 aliphatic carbocycles. The number of amides is 2. The number of benzene rings is 1. The lowest BCUT2D eigenvalue weighted by Gasteiger charge is -2.22. The number of para-hydroxylation sites is 1. The monoisotopic (exact) mass is 424 g/mol. The number of fused-ring (bicyclic) bond motifs is 1. The number of aromatic nitrogens is 2. The number of anilines is 1. The minimum Gasteiger partial charge on any atom is -0.442 e. The molecule has 1 N–H and O–H groups in total. The molecule has 4 aromatic rings. The van der Waals surface area contributed by atoms with Crippen molar-refractivity contribution >= 4 is 49.8 Å². The third kappa shape index (κ3) is 3.32. The van der Waals surface area contributed by atoms with Crippen LogP contribution in [0.3, 0.4) is 0 Å². The molecule has 0 spiro atoms. The Bertz CT molecular complexity index is 1150. The molecule has 1 atom stereocenters. The van der Waals surface area contributed by atoms with Crippen LogP contribution in [-0.2, 0) is 4.79 Å². The molecule has 1 saturated heterocycles. The summed E-state index contributed by atoms with van der Waals surface area (Å²) in [7, 11) is 0. The van der Waals surface area contributed by atoms with Gasteiger partial charge in [-0.15, -0.1) is 11.3 Å². The predicted octanol–water partition coefficient (Wildman–Crippen LogP) is 4.26. The Hall–Kier alpha value is -3.04. The van der Waals surface area contributed by atoms with Gasteiger partial charge in [0.25, 0.3) is 5.91 Å². The Kier molecular flexibility index (Phi) is 4.61. The van der Waals surface area contributed by atoms with Crippen molar-refractivity contribution in [3.05, 3.63) is 53.9 Å². The van der Waals surface area contributed by atoms with E-state index in [0.29, 0.717) is 23.9 Å². The maximum atomic E-state index is 13.1. The van der Waals surface area contributed by atoms with Crippen LogP contribution >= 0.6 is 22.7 Å². The highest BCUT2D eigenvalue weighted by atomic mass is 32.1. The molecule has 4 heterocycles. The Morgan fingerprint density at radius 3 is 2.93 bits per heavy atom. The quantitative estimate of drug-likeness (QED) is 0.529. The molecule has 1 aliphatic rings. The van der Waals surface area contributed by atoms with Crippen molar-refractivity contribution in [3.63, 3.8) is 0 Å². The van der Waals surface area contributed by atoms with E-state index in [1.165, 1.54) is 29.1 Å². The fourth-order valence-corrected chi connectivity index (χ4v) is 5.10. The number of hydrogen-bond donors (Lipinski definition) is 1. The van der Waals surface area contributed by atoms with Crippen LogP contribution in [0.1, 0.15) is 23.3 Å². The number of nitrogens with zero attached hydrogens (tertiary/aromatic N) is 3. The van der Waals surface area contributed by atoms with Crippen LogP contribution in [0.5, 0.6) is 0 Å². The molecule has 9 heteroatoms. The lowest BCUT2D eigenvalue weighted by molar-refractivity contribution is -0.119. The summed E-state index contributed by atoms with van der Waals surface area (Å²) < 4.78 is 6.46. The van der Waals surface area contributed by atoms with Crippen molar-refractivity contribution < 1.29 is 14.0 Å². The topological polar surface area (TPSA) is 88.3 Å². The van der Waals surface area contributed by atoms with Gasteiger partial charge in [-0.2, -0.15) is 0 Å². The molecule has 0 radical (unpaired) electrons. The van der Waals surface area contributed by atoms with Crippen molar-refractivity contribution in [2.45, 2.75) is 18.9 Å². The number of carbonyl (C=O) groups is 2. The number of thiophene rings is 1. The molecule has 1 unspecified atom stereocenters. The van der Waals surface area contributed by atoms with Gasteiger partial charge in [-0.3, -0.25) is 9.59 Å². The highest BCUT2D eigenvalue weighted by molar-refractivity contribution is 7.22. The van der Waals surface area contributed by atoms with Crippen molar-refractivity contribution in [2.24, 2.45) is 0 Å². The number of thiazole rings is 1. The zero-order valence-corrected chi connectivity index (χ0v) is 16.8. The summed E-state index contributed by atoms with van der Waals surface area (Å²) in [6.07, 6.45) is 2.64. The highest BCUT2D eigenvalue weighted by Gasteiger charge is 2.37. The number of oxazole rings is 1. The van der Waals surface area contributed by atoms with Gasteiger partial charge in [0.15, 0.2) is 23.0 Å². The van der Waals surface area contributed by atoms with E-state index in [4.69, 9.17) is 4.42 Å².